The number of aliphatic hydroxyl groups is 1. The number of alkyl halides is 2. The Labute approximate surface area is 156 Å². The number of hydrogen-bond acceptors (Lipinski definition) is 6. The van der Waals surface area contributed by atoms with Gasteiger partial charge in [-0.1, -0.05) is 11.3 Å². The number of thiazole rings is 1. The first-order valence-corrected chi connectivity index (χ1v) is 9.84. The van der Waals surface area contributed by atoms with E-state index >= 15 is 0 Å². The quantitative estimate of drug-likeness (QED) is 0.829. The molecule has 9 heteroatoms. The molecule has 6 nitrogen and oxygen atoms in total. The molecule has 26 heavy (non-hydrogen) atoms. The summed E-state index contributed by atoms with van der Waals surface area (Å²) in [5.74, 6) is -2.68. The lowest BCUT2D eigenvalue weighted by molar-refractivity contribution is -0.0768. The van der Waals surface area contributed by atoms with Crippen LogP contribution in [0.4, 0.5) is 13.9 Å². The number of aromatic nitrogens is 1. The highest BCUT2D eigenvalue weighted by molar-refractivity contribution is 7.17. The molecule has 2 fully saturated rings. The Bertz CT molecular complexity index is 659. The summed E-state index contributed by atoms with van der Waals surface area (Å²) in [4.78, 5) is 21.0. The molecule has 0 bridgehead atoms. The first-order valence-electron chi connectivity index (χ1n) is 9.02. The minimum atomic E-state index is -2.58. The molecule has 1 amide bonds. The summed E-state index contributed by atoms with van der Waals surface area (Å²) in [5, 5.41) is 11.3. The highest BCUT2D eigenvalue weighted by Crippen LogP contribution is 2.31. The fraction of sp³-hybridized carbons (Fsp3) is 0.765. The molecule has 3 heterocycles. The first-order chi connectivity index (χ1) is 12.2. The average molecular weight is 388 g/mol. The van der Waals surface area contributed by atoms with E-state index in [0.29, 0.717) is 67.7 Å². The number of carbonyl (C=O) groups is 1. The van der Waals surface area contributed by atoms with E-state index in [1.807, 2.05) is 4.90 Å². The van der Waals surface area contributed by atoms with E-state index in [0.717, 1.165) is 0 Å². The molecule has 3 N–H and O–H groups in total. The van der Waals surface area contributed by atoms with Gasteiger partial charge in [-0.2, -0.15) is 0 Å². The predicted octanol–water partition coefficient (Wildman–Crippen LogP) is 2.12. The number of likely N-dealkylation sites (tertiary alicyclic amines) is 2. The zero-order valence-corrected chi connectivity index (χ0v) is 15.8. The second-order valence-electron chi connectivity index (χ2n) is 7.47. The van der Waals surface area contributed by atoms with Gasteiger partial charge in [0.1, 0.15) is 4.88 Å². The van der Waals surface area contributed by atoms with Crippen molar-refractivity contribution in [2.45, 2.75) is 50.6 Å². The van der Waals surface area contributed by atoms with Gasteiger partial charge in [0, 0.05) is 45.6 Å². The van der Waals surface area contributed by atoms with Gasteiger partial charge in [-0.3, -0.25) is 4.79 Å². The normalized spacial score (nSPS) is 27.3. The summed E-state index contributed by atoms with van der Waals surface area (Å²) in [6.07, 6.45) is 1.38. The highest BCUT2D eigenvalue weighted by atomic mass is 32.1. The van der Waals surface area contributed by atoms with E-state index in [-0.39, 0.29) is 18.7 Å². The van der Waals surface area contributed by atoms with Crippen LogP contribution in [0.25, 0.3) is 0 Å². The number of piperidine rings is 1. The minimum Gasteiger partial charge on any atom is -0.388 e. The molecule has 1 aromatic heterocycles. The van der Waals surface area contributed by atoms with Crippen molar-refractivity contribution in [2.75, 3.05) is 38.5 Å². The topological polar surface area (TPSA) is 82.7 Å². The SMILES string of the molecule is Cc1nc(N)sc1C(=O)N1CCC[C@@](O)(CN2CCC(F)(F)CC2)CC1. The van der Waals surface area contributed by atoms with Gasteiger partial charge in [0.15, 0.2) is 5.13 Å². The van der Waals surface area contributed by atoms with Crippen LogP contribution in [0.15, 0.2) is 0 Å². The molecule has 1 atom stereocenters. The number of carbonyl (C=O) groups excluding carboxylic acids is 1. The van der Waals surface area contributed by atoms with E-state index < -0.39 is 11.5 Å². The van der Waals surface area contributed by atoms with Crippen LogP contribution in [-0.4, -0.2) is 70.0 Å². The maximum Gasteiger partial charge on any atom is 0.265 e. The number of hydrogen-bond donors (Lipinski definition) is 2. The van der Waals surface area contributed by atoms with Crippen molar-refractivity contribution in [1.29, 1.82) is 0 Å². The Kier molecular flexibility index (Phi) is 5.50. The van der Waals surface area contributed by atoms with Gasteiger partial charge >= 0.3 is 0 Å². The molecule has 2 aliphatic rings. The Hall–Kier alpha value is -1.32. The van der Waals surface area contributed by atoms with Crippen LogP contribution >= 0.6 is 11.3 Å². The number of nitrogens with two attached hydrogens (primary N) is 1. The van der Waals surface area contributed by atoms with E-state index in [1.54, 1.807) is 11.8 Å². The van der Waals surface area contributed by atoms with Crippen molar-refractivity contribution in [1.82, 2.24) is 14.8 Å². The average Bonchev–Trinajstić information content (AvgIpc) is 2.78. The Morgan fingerprint density at radius 1 is 1.23 bits per heavy atom. The van der Waals surface area contributed by atoms with Gasteiger partial charge in [0.25, 0.3) is 11.8 Å². The highest BCUT2D eigenvalue weighted by Gasteiger charge is 2.38. The standard InChI is InChI=1S/C17H26F2N4O2S/c1-12-13(26-15(20)21-12)14(24)23-7-2-3-16(25,4-10-23)11-22-8-5-17(18,19)6-9-22/h25H,2-11H2,1H3,(H2,20,21)/t16-/m0/s1. The van der Waals surface area contributed by atoms with Crippen molar-refractivity contribution in [3.8, 4) is 0 Å². The molecule has 0 aromatic carbocycles. The molecular formula is C17H26F2N4O2S. The van der Waals surface area contributed by atoms with Gasteiger partial charge in [-0.05, 0) is 26.2 Å². The summed E-state index contributed by atoms with van der Waals surface area (Å²) < 4.78 is 26.6. The van der Waals surface area contributed by atoms with Crippen LogP contribution in [-0.2, 0) is 0 Å². The lowest BCUT2D eigenvalue weighted by Gasteiger charge is -2.37. The molecule has 0 aliphatic carbocycles. The van der Waals surface area contributed by atoms with Crippen LogP contribution in [0.2, 0.25) is 0 Å². The summed E-state index contributed by atoms with van der Waals surface area (Å²) in [5.41, 5.74) is 5.37. The summed E-state index contributed by atoms with van der Waals surface area (Å²) >= 11 is 1.18. The monoisotopic (exact) mass is 388 g/mol. The number of halogens is 2. The molecule has 146 valence electrons. The summed E-state index contributed by atoms with van der Waals surface area (Å²) in [6, 6.07) is 0. The lowest BCUT2D eigenvalue weighted by atomic mass is 9.93. The van der Waals surface area contributed by atoms with Gasteiger partial charge in [0.2, 0.25) is 0 Å². The van der Waals surface area contributed by atoms with Crippen LogP contribution in [0.1, 0.15) is 47.5 Å². The van der Waals surface area contributed by atoms with E-state index in [2.05, 4.69) is 4.98 Å². The molecule has 0 saturated carbocycles. The van der Waals surface area contributed by atoms with Gasteiger partial charge < -0.3 is 20.6 Å². The molecule has 0 spiro atoms. The molecule has 2 aliphatic heterocycles. The molecule has 1 aromatic rings. The van der Waals surface area contributed by atoms with Crippen molar-refractivity contribution >= 4 is 22.4 Å². The number of aryl methyl sites for hydroxylation is 1. The second kappa shape index (κ2) is 7.36. The zero-order valence-electron chi connectivity index (χ0n) is 15.0. The van der Waals surface area contributed by atoms with Crippen LogP contribution in [0.5, 0.6) is 0 Å². The molecule has 0 unspecified atom stereocenters. The molecule has 2 saturated heterocycles. The number of β-amino-alcohol motifs (C(OH)–C–C–N with tert-alkyl or cyclic N) is 1. The second-order valence-corrected chi connectivity index (χ2v) is 8.50. The van der Waals surface area contributed by atoms with Gasteiger partial charge in [-0.25, -0.2) is 13.8 Å². The molecule has 3 rings (SSSR count). The van der Waals surface area contributed by atoms with Crippen LogP contribution < -0.4 is 5.73 Å². The van der Waals surface area contributed by atoms with Gasteiger partial charge in [-0.15, -0.1) is 0 Å². The van der Waals surface area contributed by atoms with E-state index in [9.17, 15) is 18.7 Å². The van der Waals surface area contributed by atoms with Crippen molar-refractivity contribution in [3.63, 3.8) is 0 Å². The largest absolute Gasteiger partial charge is 0.388 e. The van der Waals surface area contributed by atoms with Crippen molar-refractivity contribution in [3.05, 3.63) is 10.6 Å². The summed E-state index contributed by atoms with van der Waals surface area (Å²) in [6.45, 7) is 3.76. The lowest BCUT2D eigenvalue weighted by Crippen LogP contribution is -2.48. The number of rotatable bonds is 3. The maximum absolute atomic E-state index is 13.3. The fourth-order valence-electron chi connectivity index (χ4n) is 3.75. The van der Waals surface area contributed by atoms with Crippen LogP contribution in [0.3, 0.4) is 0 Å². The third-order valence-electron chi connectivity index (χ3n) is 5.32. The maximum atomic E-state index is 13.3. The minimum absolute atomic E-state index is 0.0986. The Morgan fingerprint density at radius 2 is 1.92 bits per heavy atom. The van der Waals surface area contributed by atoms with Gasteiger partial charge in [0.05, 0.1) is 11.3 Å². The third kappa shape index (κ3) is 4.50. The van der Waals surface area contributed by atoms with E-state index in [4.69, 9.17) is 5.73 Å². The third-order valence-corrected chi connectivity index (χ3v) is 6.29. The Balaban J connectivity index is 1.59. The van der Waals surface area contributed by atoms with Crippen LogP contribution in [0, 0.1) is 6.92 Å². The number of nitrogens with zero attached hydrogens (tertiary/aromatic N) is 3. The van der Waals surface area contributed by atoms with Crippen molar-refractivity contribution in [2.24, 2.45) is 0 Å². The van der Waals surface area contributed by atoms with Crippen molar-refractivity contribution < 1.29 is 18.7 Å². The smallest absolute Gasteiger partial charge is 0.265 e. The summed E-state index contributed by atoms with van der Waals surface area (Å²) in [7, 11) is 0. The predicted molar refractivity (Wildman–Crippen MR) is 96.6 cm³/mol. The Morgan fingerprint density at radius 3 is 2.54 bits per heavy atom. The first kappa shape index (κ1) is 19.4. The number of nitrogen functional groups attached to an aromatic ring is 1. The molecule has 0 radical (unpaired) electrons. The fourth-order valence-corrected chi connectivity index (χ4v) is 4.56. The number of anilines is 1. The zero-order chi connectivity index (χ0) is 18.9. The number of amides is 1. The van der Waals surface area contributed by atoms with E-state index in [1.165, 1.54) is 11.3 Å². The molecular weight excluding hydrogens is 362 g/mol.